The molecule has 2 heterocycles. The highest BCUT2D eigenvalue weighted by molar-refractivity contribution is 9.10. The molecule has 0 spiro atoms. The van der Waals surface area contributed by atoms with Crippen molar-refractivity contribution in [1.29, 1.82) is 0 Å². The third-order valence-corrected chi connectivity index (χ3v) is 9.99. The molecule has 0 N–H and O–H groups in total. The van der Waals surface area contributed by atoms with Crippen LogP contribution < -0.4 is 0 Å². The van der Waals surface area contributed by atoms with E-state index in [2.05, 4.69) is 190 Å². The van der Waals surface area contributed by atoms with Crippen LogP contribution in [-0.2, 0) is 0 Å². The van der Waals surface area contributed by atoms with Crippen LogP contribution in [-0.4, -0.2) is 9.55 Å². The highest BCUT2D eigenvalue weighted by Crippen LogP contribution is 2.40. The number of aromatic nitrogens is 2. The summed E-state index contributed by atoms with van der Waals surface area (Å²) in [5.74, 6) is 0. The van der Waals surface area contributed by atoms with E-state index in [1.165, 1.54) is 49.7 Å². The Balaban J connectivity index is 1.27. The largest absolute Gasteiger partial charge is 0.309 e. The lowest BCUT2D eigenvalue weighted by Gasteiger charge is -2.13. The molecule has 0 fully saturated rings. The minimum atomic E-state index is 0.967. The van der Waals surface area contributed by atoms with Gasteiger partial charge in [0.15, 0.2) is 0 Å². The molecule has 9 rings (SSSR count). The minimum absolute atomic E-state index is 0.967. The Morgan fingerprint density at radius 3 is 1.77 bits per heavy atom. The molecule has 0 saturated heterocycles. The second-order valence-electron chi connectivity index (χ2n) is 12.1. The second-order valence-corrected chi connectivity index (χ2v) is 13.0. The first-order valence-corrected chi connectivity index (χ1v) is 17.0. The van der Waals surface area contributed by atoms with Crippen LogP contribution in [0.4, 0.5) is 0 Å². The Hall–Kier alpha value is -5.77. The molecule has 48 heavy (non-hydrogen) atoms. The lowest BCUT2D eigenvalue weighted by atomic mass is 9.94. The highest BCUT2D eigenvalue weighted by atomic mass is 79.9. The van der Waals surface area contributed by atoms with E-state index >= 15 is 0 Å². The van der Waals surface area contributed by atoms with Gasteiger partial charge < -0.3 is 4.57 Å². The highest BCUT2D eigenvalue weighted by Gasteiger charge is 2.17. The topological polar surface area (TPSA) is 17.8 Å². The van der Waals surface area contributed by atoms with Crippen LogP contribution in [0.25, 0.3) is 83.0 Å². The van der Waals surface area contributed by atoms with Gasteiger partial charge in [0, 0.05) is 31.9 Å². The van der Waals surface area contributed by atoms with Crippen LogP contribution in [0.3, 0.4) is 0 Å². The molecule has 0 aliphatic rings. The maximum Gasteiger partial charge on any atom is 0.0710 e. The summed E-state index contributed by atoms with van der Waals surface area (Å²) in [4.78, 5) is 5.04. The third kappa shape index (κ3) is 4.92. The lowest BCUT2D eigenvalue weighted by molar-refractivity contribution is 1.18. The molecule has 0 unspecified atom stereocenters. The van der Waals surface area contributed by atoms with Crippen molar-refractivity contribution >= 4 is 48.6 Å². The van der Waals surface area contributed by atoms with E-state index in [1.54, 1.807) is 0 Å². The van der Waals surface area contributed by atoms with Gasteiger partial charge in [-0.15, -0.1) is 0 Å². The number of rotatable bonds is 5. The van der Waals surface area contributed by atoms with Gasteiger partial charge in [-0.05, 0) is 75.8 Å². The van der Waals surface area contributed by atoms with Crippen molar-refractivity contribution in [2.45, 2.75) is 0 Å². The fourth-order valence-corrected chi connectivity index (χ4v) is 7.43. The van der Waals surface area contributed by atoms with Crippen LogP contribution in [0.2, 0.25) is 0 Å². The molecule has 0 saturated carbocycles. The molecular formula is C45H29BrN2. The molecule has 3 heteroatoms. The summed E-state index contributed by atoms with van der Waals surface area (Å²) in [7, 11) is 0. The van der Waals surface area contributed by atoms with E-state index in [1.807, 2.05) is 6.07 Å². The van der Waals surface area contributed by atoms with Crippen molar-refractivity contribution < 1.29 is 0 Å². The van der Waals surface area contributed by atoms with Crippen molar-refractivity contribution in [3.05, 3.63) is 180 Å². The summed E-state index contributed by atoms with van der Waals surface area (Å²) in [6.07, 6.45) is 0. The molecule has 226 valence electrons. The summed E-state index contributed by atoms with van der Waals surface area (Å²) in [6.45, 7) is 0. The van der Waals surface area contributed by atoms with E-state index in [4.69, 9.17) is 4.98 Å². The number of para-hydroxylation sites is 1. The van der Waals surface area contributed by atoms with Gasteiger partial charge in [-0.3, -0.25) is 0 Å². The van der Waals surface area contributed by atoms with Gasteiger partial charge in [-0.2, -0.15) is 0 Å². The zero-order chi connectivity index (χ0) is 32.0. The maximum absolute atomic E-state index is 5.04. The van der Waals surface area contributed by atoms with Crippen LogP contribution in [0, 0.1) is 0 Å². The molecule has 0 atom stereocenters. The van der Waals surface area contributed by atoms with Crippen molar-refractivity contribution in [2.24, 2.45) is 0 Å². The molecule has 0 bridgehead atoms. The Morgan fingerprint density at radius 1 is 0.417 bits per heavy atom. The van der Waals surface area contributed by atoms with Crippen molar-refractivity contribution in [2.75, 3.05) is 0 Å². The lowest BCUT2D eigenvalue weighted by Crippen LogP contribution is -1.95. The van der Waals surface area contributed by atoms with Gasteiger partial charge in [-0.25, -0.2) is 4.98 Å². The summed E-state index contributed by atoms with van der Waals surface area (Å²) in [5, 5.41) is 3.58. The van der Waals surface area contributed by atoms with Crippen molar-refractivity contribution in [3.63, 3.8) is 0 Å². The van der Waals surface area contributed by atoms with Gasteiger partial charge in [0.05, 0.1) is 22.2 Å². The Kier molecular flexibility index (Phi) is 6.99. The predicted octanol–water partition coefficient (Wildman–Crippen LogP) is 12.8. The zero-order valence-electron chi connectivity index (χ0n) is 26.0. The number of hydrogen-bond donors (Lipinski definition) is 0. The quantitative estimate of drug-likeness (QED) is 0.177. The van der Waals surface area contributed by atoms with Crippen LogP contribution in [0.1, 0.15) is 0 Å². The summed E-state index contributed by atoms with van der Waals surface area (Å²) in [6, 6.07) is 62.8. The van der Waals surface area contributed by atoms with Gasteiger partial charge >= 0.3 is 0 Å². The number of fused-ring (bicyclic) bond motifs is 4. The summed E-state index contributed by atoms with van der Waals surface area (Å²) >= 11 is 3.80. The van der Waals surface area contributed by atoms with E-state index in [0.717, 1.165) is 37.8 Å². The van der Waals surface area contributed by atoms with E-state index in [9.17, 15) is 0 Å². The van der Waals surface area contributed by atoms with E-state index < -0.39 is 0 Å². The van der Waals surface area contributed by atoms with Gasteiger partial charge in [0.2, 0.25) is 0 Å². The number of benzene rings is 7. The molecule has 9 aromatic rings. The van der Waals surface area contributed by atoms with Gasteiger partial charge in [0.25, 0.3) is 0 Å². The predicted molar refractivity (Wildman–Crippen MR) is 206 cm³/mol. The van der Waals surface area contributed by atoms with Crippen molar-refractivity contribution in [3.8, 4) is 50.3 Å². The first kappa shape index (κ1) is 28.5. The normalized spacial score (nSPS) is 11.4. The van der Waals surface area contributed by atoms with E-state index in [-0.39, 0.29) is 0 Å². The molecule has 0 radical (unpaired) electrons. The minimum Gasteiger partial charge on any atom is -0.309 e. The number of pyridine rings is 1. The number of hydrogen-bond acceptors (Lipinski definition) is 1. The molecule has 0 aliphatic heterocycles. The average Bonchev–Trinajstić information content (AvgIpc) is 3.48. The van der Waals surface area contributed by atoms with Gasteiger partial charge in [-0.1, -0.05) is 149 Å². The smallest absolute Gasteiger partial charge is 0.0710 e. The number of nitrogens with zero attached hydrogens (tertiary/aromatic N) is 2. The maximum atomic E-state index is 5.04. The molecular weight excluding hydrogens is 648 g/mol. The Morgan fingerprint density at radius 2 is 1.00 bits per heavy atom. The van der Waals surface area contributed by atoms with Gasteiger partial charge in [0.1, 0.15) is 0 Å². The number of halogens is 1. The Labute approximate surface area is 287 Å². The first-order chi connectivity index (χ1) is 23.7. The summed E-state index contributed by atoms with van der Waals surface area (Å²) in [5.41, 5.74) is 13.7. The molecule has 7 aromatic carbocycles. The standard InChI is InChI=1S/C45H29BrN2/c46-41-16-8-7-15-38(41)37-14-6-5-13-36(37)33-20-25-39-40-26-21-34(43-27-22-32-12-4-9-17-42(32)47-43)29-45(40)48(44(39)28-33)35-23-18-31(19-24-35)30-10-2-1-3-11-30/h1-29H. The van der Waals surface area contributed by atoms with Crippen LogP contribution in [0.15, 0.2) is 180 Å². The third-order valence-electron chi connectivity index (χ3n) is 9.30. The summed E-state index contributed by atoms with van der Waals surface area (Å²) < 4.78 is 3.50. The first-order valence-electron chi connectivity index (χ1n) is 16.2. The molecule has 0 aliphatic carbocycles. The Bertz CT molecular complexity index is 2620. The van der Waals surface area contributed by atoms with Crippen LogP contribution in [0.5, 0.6) is 0 Å². The monoisotopic (exact) mass is 676 g/mol. The second kappa shape index (κ2) is 11.8. The fraction of sp³-hybridized carbons (Fsp3) is 0. The van der Waals surface area contributed by atoms with Crippen molar-refractivity contribution in [1.82, 2.24) is 9.55 Å². The van der Waals surface area contributed by atoms with E-state index in [0.29, 0.717) is 0 Å². The van der Waals surface area contributed by atoms with Crippen LogP contribution >= 0.6 is 15.9 Å². The molecule has 0 amide bonds. The average molecular weight is 678 g/mol. The molecule has 2 aromatic heterocycles. The fourth-order valence-electron chi connectivity index (χ4n) is 6.93. The SMILES string of the molecule is Brc1ccccc1-c1ccccc1-c1ccc2c3ccc(-c4ccc5ccccc5n4)cc3n(-c3ccc(-c4ccccc4)cc3)c2c1. The molecule has 2 nitrogen and oxygen atoms in total. The zero-order valence-corrected chi connectivity index (χ0v) is 27.6.